The lowest BCUT2D eigenvalue weighted by Gasteiger charge is -2.42. The lowest BCUT2D eigenvalue weighted by molar-refractivity contribution is -0.134. The zero-order valence-corrected chi connectivity index (χ0v) is 23.1. The maximum Gasteiger partial charge on any atom is 0.311 e. The number of rotatable bonds is 9. The molecule has 5 heteroatoms. The Kier molecular flexibility index (Phi) is 9.18. The average Bonchev–Trinajstić information content (AvgIpc) is 3.18. The van der Waals surface area contributed by atoms with Crippen molar-refractivity contribution in [2.24, 2.45) is 0 Å². The Hall–Kier alpha value is -1.90. The van der Waals surface area contributed by atoms with Crippen LogP contribution in [0.15, 0.2) is 29.2 Å². The lowest BCUT2D eigenvalue weighted by atomic mass is 9.73. The molecule has 0 unspecified atom stereocenters. The van der Waals surface area contributed by atoms with Crippen LogP contribution in [0, 0.1) is 11.8 Å². The maximum absolute atomic E-state index is 11.8. The summed E-state index contributed by atoms with van der Waals surface area (Å²) in [5.41, 5.74) is 2.11. The minimum Gasteiger partial charge on any atom is -0.487 e. The van der Waals surface area contributed by atoms with Crippen molar-refractivity contribution >= 4 is 29.1 Å². The van der Waals surface area contributed by atoms with E-state index in [1.807, 2.05) is 30.8 Å². The molecule has 34 heavy (non-hydrogen) atoms. The van der Waals surface area contributed by atoms with Crippen molar-refractivity contribution in [2.75, 3.05) is 5.75 Å². The molecule has 0 N–H and O–H groups in total. The van der Waals surface area contributed by atoms with Gasteiger partial charge in [-0.25, -0.2) is 0 Å². The molecule has 2 aromatic rings. The summed E-state index contributed by atoms with van der Waals surface area (Å²) in [7, 11) is 0. The fraction of sp³-hybridized carbons (Fsp3) is 0.552. The molecule has 0 saturated heterocycles. The van der Waals surface area contributed by atoms with E-state index in [0.717, 1.165) is 34.8 Å². The van der Waals surface area contributed by atoms with Crippen LogP contribution in [0.1, 0.15) is 102 Å². The van der Waals surface area contributed by atoms with Crippen LogP contribution in [0.2, 0.25) is 0 Å². The maximum atomic E-state index is 11.8. The van der Waals surface area contributed by atoms with Crippen LogP contribution in [-0.2, 0) is 10.2 Å². The van der Waals surface area contributed by atoms with Gasteiger partial charge in [0.2, 0.25) is 0 Å². The van der Waals surface area contributed by atoms with Crippen LogP contribution >= 0.6 is 23.1 Å². The molecule has 1 aliphatic rings. The normalized spacial score (nSPS) is 15.6. The van der Waals surface area contributed by atoms with Crippen molar-refractivity contribution in [1.29, 1.82) is 0 Å². The van der Waals surface area contributed by atoms with E-state index >= 15 is 0 Å². The van der Waals surface area contributed by atoms with Gasteiger partial charge >= 0.3 is 5.97 Å². The van der Waals surface area contributed by atoms with Crippen molar-refractivity contribution < 1.29 is 14.3 Å². The summed E-state index contributed by atoms with van der Waals surface area (Å²) in [5, 5.41) is 0.607. The fourth-order valence-corrected chi connectivity index (χ4v) is 6.28. The SMILES string of the molecule is CCCCCCSc1cc2c(cc1C#Cc1ccc(OC(=O)CCC)s1)C(C)(C)CC(C)(C)O2. The Bertz CT molecular complexity index is 1050. The molecule has 0 radical (unpaired) electrons. The molecule has 0 saturated carbocycles. The number of thiophene rings is 1. The molecule has 0 bridgehead atoms. The molecule has 184 valence electrons. The molecule has 1 aliphatic heterocycles. The number of carbonyl (C=O) groups is 1. The molecule has 0 aliphatic carbocycles. The third-order valence-electron chi connectivity index (χ3n) is 5.89. The van der Waals surface area contributed by atoms with Gasteiger partial charge in [0.05, 0.1) is 4.88 Å². The van der Waals surface area contributed by atoms with Gasteiger partial charge in [-0.3, -0.25) is 4.79 Å². The average molecular weight is 499 g/mol. The van der Waals surface area contributed by atoms with Gasteiger partial charge in [-0.2, -0.15) is 0 Å². The van der Waals surface area contributed by atoms with E-state index in [1.165, 1.54) is 47.5 Å². The highest BCUT2D eigenvalue weighted by Crippen LogP contribution is 2.46. The molecule has 3 rings (SSSR count). The zero-order chi connectivity index (χ0) is 24.8. The first-order valence-electron chi connectivity index (χ1n) is 12.5. The topological polar surface area (TPSA) is 35.5 Å². The summed E-state index contributed by atoms with van der Waals surface area (Å²) in [5.74, 6) is 8.62. The second-order valence-corrected chi connectivity index (χ2v) is 12.5. The van der Waals surface area contributed by atoms with Crippen molar-refractivity contribution in [1.82, 2.24) is 0 Å². The number of fused-ring (bicyclic) bond motifs is 1. The molecule has 2 heterocycles. The molecule has 1 aromatic heterocycles. The molecule has 0 amide bonds. The van der Waals surface area contributed by atoms with Crippen LogP contribution in [-0.4, -0.2) is 17.3 Å². The van der Waals surface area contributed by atoms with E-state index in [1.54, 1.807) is 0 Å². The third kappa shape index (κ3) is 7.30. The predicted octanol–water partition coefficient (Wildman–Crippen LogP) is 8.36. The monoisotopic (exact) mass is 498 g/mol. The smallest absolute Gasteiger partial charge is 0.311 e. The van der Waals surface area contributed by atoms with Crippen LogP contribution in [0.4, 0.5) is 0 Å². The van der Waals surface area contributed by atoms with Gasteiger partial charge in [-0.15, -0.1) is 11.8 Å². The molecule has 1 aromatic carbocycles. The first-order chi connectivity index (χ1) is 16.1. The highest BCUT2D eigenvalue weighted by Gasteiger charge is 2.39. The van der Waals surface area contributed by atoms with E-state index in [4.69, 9.17) is 9.47 Å². The van der Waals surface area contributed by atoms with Gasteiger partial charge in [0, 0.05) is 22.4 Å². The van der Waals surface area contributed by atoms with E-state index in [0.29, 0.717) is 11.5 Å². The summed E-state index contributed by atoms with van der Waals surface area (Å²) in [4.78, 5) is 13.9. The van der Waals surface area contributed by atoms with Crippen molar-refractivity contribution in [3.8, 4) is 22.7 Å². The molecular formula is C29H38O3S2. The second kappa shape index (κ2) is 11.7. The lowest BCUT2D eigenvalue weighted by Crippen LogP contribution is -2.41. The molecule has 3 nitrogen and oxygen atoms in total. The summed E-state index contributed by atoms with van der Waals surface area (Å²) in [6, 6.07) is 8.20. The number of esters is 1. The van der Waals surface area contributed by atoms with Crippen LogP contribution in [0.3, 0.4) is 0 Å². The van der Waals surface area contributed by atoms with E-state index in [9.17, 15) is 4.79 Å². The van der Waals surface area contributed by atoms with Crippen molar-refractivity contribution in [2.45, 2.75) is 102 Å². The Morgan fingerprint density at radius 2 is 1.88 bits per heavy atom. The van der Waals surface area contributed by atoms with Gasteiger partial charge in [0.1, 0.15) is 11.4 Å². The zero-order valence-electron chi connectivity index (χ0n) is 21.5. The summed E-state index contributed by atoms with van der Waals surface area (Å²) in [6.07, 6.45) is 7.17. The van der Waals surface area contributed by atoms with E-state index < -0.39 is 0 Å². The van der Waals surface area contributed by atoms with Crippen molar-refractivity contribution in [3.63, 3.8) is 0 Å². The third-order valence-corrected chi connectivity index (χ3v) is 7.91. The largest absolute Gasteiger partial charge is 0.487 e. The fourth-order valence-electron chi connectivity index (χ4n) is 4.53. The van der Waals surface area contributed by atoms with Gasteiger partial charge in [0.15, 0.2) is 5.06 Å². The van der Waals surface area contributed by atoms with E-state index in [-0.39, 0.29) is 17.0 Å². The summed E-state index contributed by atoms with van der Waals surface area (Å²) in [6.45, 7) is 13.1. The number of unbranched alkanes of at least 4 members (excludes halogenated alkanes) is 3. The quantitative estimate of drug-likeness (QED) is 0.151. The predicted molar refractivity (Wildman–Crippen MR) is 144 cm³/mol. The van der Waals surface area contributed by atoms with Crippen LogP contribution in [0.5, 0.6) is 10.8 Å². The number of hydrogen-bond acceptors (Lipinski definition) is 5. The number of benzene rings is 1. The minimum absolute atomic E-state index is 0.0153. The first-order valence-corrected chi connectivity index (χ1v) is 14.3. The Balaban J connectivity index is 1.88. The molecular weight excluding hydrogens is 460 g/mol. The van der Waals surface area contributed by atoms with Crippen LogP contribution < -0.4 is 9.47 Å². The van der Waals surface area contributed by atoms with Gasteiger partial charge in [-0.1, -0.05) is 70.1 Å². The minimum atomic E-state index is -0.189. The van der Waals surface area contributed by atoms with Gasteiger partial charge < -0.3 is 9.47 Å². The number of hydrogen-bond donors (Lipinski definition) is 0. The highest BCUT2D eigenvalue weighted by molar-refractivity contribution is 7.99. The number of thioether (sulfide) groups is 1. The molecule has 0 fully saturated rings. The molecule has 0 spiro atoms. The van der Waals surface area contributed by atoms with Crippen LogP contribution in [0.25, 0.3) is 0 Å². The second-order valence-electron chi connectivity index (χ2n) is 10.3. The summed E-state index contributed by atoms with van der Waals surface area (Å²) < 4.78 is 11.8. The highest BCUT2D eigenvalue weighted by atomic mass is 32.2. The van der Waals surface area contributed by atoms with Gasteiger partial charge in [0.25, 0.3) is 0 Å². The Morgan fingerprint density at radius 1 is 1.09 bits per heavy atom. The summed E-state index contributed by atoms with van der Waals surface area (Å²) >= 11 is 3.30. The van der Waals surface area contributed by atoms with Crippen molar-refractivity contribution in [3.05, 3.63) is 40.3 Å². The van der Waals surface area contributed by atoms with Gasteiger partial charge in [-0.05, 0) is 68.5 Å². The standard InChI is InChI=1S/C29H38O3S2/c1-7-9-10-11-17-33-25-19-24-23(28(3,4)20-29(5,6)32-24)18-21(25)13-14-22-15-16-27(34-22)31-26(30)12-8-2/h15-16,18-19H,7-12,17,20H2,1-6H3. The molecule has 0 atom stereocenters. The van der Waals surface area contributed by atoms with E-state index in [2.05, 4.69) is 58.6 Å². The Labute approximate surface area is 214 Å². The number of carbonyl (C=O) groups excluding carboxylic acids is 1. The first kappa shape index (κ1) is 26.7. The number of ether oxygens (including phenoxy) is 2. The Morgan fingerprint density at radius 3 is 2.62 bits per heavy atom.